The minimum Gasteiger partial charge on any atom is -0.312 e. The number of hydrogen-bond acceptors (Lipinski definition) is 3. The zero-order chi connectivity index (χ0) is 10.5. The quantitative estimate of drug-likeness (QED) is 0.537. The lowest BCUT2D eigenvalue weighted by Gasteiger charge is -2.18. The molecule has 0 bridgehead atoms. The van der Waals surface area contributed by atoms with Crippen molar-refractivity contribution in [1.29, 1.82) is 0 Å². The van der Waals surface area contributed by atoms with Crippen LogP contribution in [0.25, 0.3) is 0 Å². The van der Waals surface area contributed by atoms with Crippen molar-refractivity contribution in [2.45, 2.75) is 25.5 Å². The third kappa shape index (κ3) is 4.43. The highest BCUT2D eigenvalue weighted by molar-refractivity contribution is 7.92. The van der Waals surface area contributed by atoms with E-state index in [1.807, 2.05) is 0 Å². The molecule has 0 aromatic rings. The van der Waals surface area contributed by atoms with Crippen molar-refractivity contribution >= 4 is 9.84 Å². The summed E-state index contributed by atoms with van der Waals surface area (Å²) in [4.78, 5) is 0. The second kappa shape index (κ2) is 4.77. The Bertz CT molecular complexity index is 249. The van der Waals surface area contributed by atoms with E-state index in [1.165, 1.54) is 0 Å². The molecular weight excluding hydrogens is 186 g/mol. The lowest BCUT2D eigenvalue weighted by molar-refractivity contribution is 0.557. The molecule has 4 heteroatoms. The molecule has 0 saturated carbocycles. The number of rotatable bonds is 5. The second-order valence-electron chi connectivity index (χ2n) is 3.92. The van der Waals surface area contributed by atoms with Crippen LogP contribution in [0, 0.1) is 0 Å². The van der Waals surface area contributed by atoms with Crippen LogP contribution in [0.4, 0.5) is 0 Å². The van der Waals surface area contributed by atoms with Crippen molar-refractivity contribution in [3.8, 4) is 0 Å². The first-order chi connectivity index (χ1) is 5.81. The summed E-state index contributed by atoms with van der Waals surface area (Å²) in [5.41, 5.74) is 0. The maximum absolute atomic E-state index is 11.5. The molecule has 0 saturated heterocycles. The molecule has 0 fully saturated rings. The zero-order valence-electron chi connectivity index (χ0n) is 8.63. The van der Waals surface area contributed by atoms with Crippen LogP contribution in [0.5, 0.6) is 0 Å². The molecule has 13 heavy (non-hydrogen) atoms. The van der Waals surface area contributed by atoms with Crippen molar-refractivity contribution in [3.63, 3.8) is 0 Å². The number of nitrogens with one attached hydrogen (secondary N) is 1. The Kier molecular flexibility index (Phi) is 4.64. The van der Waals surface area contributed by atoms with Crippen LogP contribution in [0.15, 0.2) is 12.7 Å². The average molecular weight is 205 g/mol. The summed E-state index contributed by atoms with van der Waals surface area (Å²) >= 11 is 0. The van der Waals surface area contributed by atoms with E-state index in [0.717, 1.165) is 0 Å². The molecule has 0 aromatic carbocycles. The Morgan fingerprint density at radius 3 is 2.31 bits per heavy atom. The number of hydrogen-bond donors (Lipinski definition) is 1. The minimum atomic E-state index is -2.97. The Balaban J connectivity index is 3.99. The molecule has 0 spiro atoms. The normalized spacial score (nSPS) is 12.8. The predicted octanol–water partition coefficient (Wildman–Crippen LogP) is 0.975. The molecule has 0 atom stereocenters. The molecule has 0 unspecified atom stereocenters. The lowest BCUT2D eigenvalue weighted by atomic mass is 10.3. The monoisotopic (exact) mass is 205 g/mol. The van der Waals surface area contributed by atoms with E-state index in [-0.39, 0.29) is 5.75 Å². The molecule has 0 heterocycles. The standard InChI is InChI=1S/C9H19NO2S/c1-5-6-10-7-8-13(11,12)9(2,3)4/h5,10H,1,6-8H2,2-4H3. The highest BCUT2D eigenvalue weighted by atomic mass is 32.2. The predicted molar refractivity (Wildman–Crippen MR) is 56.6 cm³/mol. The summed E-state index contributed by atoms with van der Waals surface area (Å²) in [6, 6.07) is 0. The SMILES string of the molecule is C=CCNCCS(=O)(=O)C(C)(C)C. The summed E-state index contributed by atoms with van der Waals surface area (Å²) in [5, 5.41) is 2.97. The van der Waals surface area contributed by atoms with Gasteiger partial charge in [0.2, 0.25) is 0 Å². The van der Waals surface area contributed by atoms with Gasteiger partial charge in [0.1, 0.15) is 0 Å². The van der Waals surface area contributed by atoms with Gasteiger partial charge in [-0.2, -0.15) is 0 Å². The Morgan fingerprint density at radius 2 is 1.92 bits per heavy atom. The van der Waals surface area contributed by atoms with Gasteiger partial charge >= 0.3 is 0 Å². The largest absolute Gasteiger partial charge is 0.312 e. The highest BCUT2D eigenvalue weighted by Gasteiger charge is 2.27. The van der Waals surface area contributed by atoms with Crippen molar-refractivity contribution in [2.24, 2.45) is 0 Å². The van der Waals surface area contributed by atoms with Gasteiger partial charge in [-0.3, -0.25) is 0 Å². The van der Waals surface area contributed by atoms with Gasteiger partial charge in [-0.15, -0.1) is 6.58 Å². The molecule has 3 nitrogen and oxygen atoms in total. The van der Waals surface area contributed by atoms with Gasteiger partial charge in [0.15, 0.2) is 9.84 Å². The molecule has 0 amide bonds. The average Bonchev–Trinajstić information content (AvgIpc) is 1.96. The van der Waals surface area contributed by atoms with E-state index in [2.05, 4.69) is 11.9 Å². The van der Waals surface area contributed by atoms with Crippen LogP contribution in [-0.2, 0) is 9.84 Å². The molecule has 0 radical (unpaired) electrons. The molecule has 0 aliphatic heterocycles. The lowest BCUT2D eigenvalue weighted by Crippen LogP contribution is -2.34. The van der Waals surface area contributed by atoms with E-state index in [1.54, 1.807) is 26.8 Å². The van der Waals surface area contributed by atoms with Gasteiger partial charge in [0.25, 0.3) is 0 Å². The van der Waals surface area contributed by atoms with Crippen molar-refractivity contribution < 1.29 is 8.42 Å². The zero-order valence-corrected chi connectivity index (χ0v) is 9.45. The van der Waals surface area contributed by atoms with Gasteiger partial charge in [0, 0.05) is 13.1 Å². The van der Waals surface area contributed by atoms with Gasteiger partial charge < -0.3 is 5.32 Å². The topological polar surface area (TPSA) is 46.2 Å². The fourth-order valence-corrected chi connectivity index (χ4v) is 1.74. The Morgan fingerprint density at radius 1 is 1.38 bits per heavy atom. The van der Waals surface area contributed by atoms with Crippen LogP contribution >= 0.6 is 0 Å². The van der Waals surface area contributed by atoms with Crippen LogP contribution in [0.3, 0.4) is 0 Å². The molecular formula is C9H19NO2S. The van der Waals surface area contributed by atoms with Gasteiger partial charge in [-0.05, 0) is 20.8 Å². The third-order valence-corrected chi connectivity index (χ3v) is 4.38. The third-order valence-electron chi connectivity index (χ3n) is 1.77. The van der Waals surface area contributed by atoms with E-state index >= 15 is 0 Å². The van der Waals surface area contributed by atoms with Crippen LogP contribution < -0.4 is 5.32 Å². The molecule has 0 aliphatic rings. The maximum atomic E-state index is 11.5. The summed E-state index contributed by atoms with van der Waals surface area (Å²) in [6.45, 7) is 9.83. The molecule has 0 aromatic heterocycles. The Labute approximate surface area is 81.1 Å². The summed E-state index contributed by atoms with van der Waals surface area (Å²) in [6.07, 6.45) is 1.71. The summed E-state index contributed by atoms with van der Waals surface area (Å²) in [5.74, 6) is 0.185. The van der Waals surface area contributed by atoms with E-state index in [4.69, 9.17) is 0 Å². The summed E-state index contributed by atoms with van der Waals surface area (Å²) in [7, 11) is -2.97. The van der Waals surface area contributed by atoms with Crippen molar-refractivity contribution in [1.82, 2.24) is 5.32 Å². The molecule has 0 rings (SSSR count). The highest BCUT2D eigenvalue weighted by Crippen LogP contribution is 2.14. The molecule has 1 N–H and O–H groups in total. The molecule has 0 aliphatic carbocycles. The first-order valence-electron chi connectivity index (χ1n) is 4.35. The van der Waals surface area contributed by atoms with Crippen LogP contribution in [0.1, 0.15) is 20.8 Å². The maximum Gasteiger partial charge on any atom is 0.156 e. The van der Waals surface area contributed by atoms with E-state index in [0.29, 0.717) is 13.1 Å². The number of sulfone groups is 1. The smallest absolute Gasteiger partial charge is 0.156 e. The van der Waals surface area contributed by atoms with Gasteiger partial charge in [-0.1, -0.05) is 6.08 Å². The molecule has 78 valence electrons. The van der Waals surface area contributed by atoms with Crippen LogP contribution in [0.2, 0.25) is 0 Å². The van der Waals surface area contributed by atoms with E-state index < -0.39 is 14.6 Å². The van der Waals surface area contributed by atoms with Crippen molar-refractivity contribution in [2.75, 3.05) is 18.8 Å². The fraction of sp³-hybridized carbons (Fsp3) is 0.778. The first kappa shape index (κ1) is 12.7. The van der Waals surface area contributed by atoms with Gasteiger partial charge in [0.05, 0.1) is 10.5 Å². The van der Waals surface area contributed by atoms with E-state index in [9.17, 15) is 8.42 Å². The van der Waals surface area contributed by atoms with Crippen molar-refractivity contribution in [3.05, 3.63) is 12.7 Å². The first-order valence-corrected chi connectivity index (χ1v) is 6.00. The van der Waals surface area contributed by atoms with Gasteiger partial charge in [-0.25, -0.2) is 8.42 Å². The summed E-state index contributed by atoms with van der Waals surface area (Å²) < 4.78 is 22.4. The Hall–Kier alpha value is -0.350. The van der Waals surface area contributed by atoms with Crippen LogP contribution in [-0.4, -0.2) is 32.0 Å². The second-order valence-corrected chi connectivity index (χ2v) is 6.79. The fourth-order valence-electron chi connectivity index (χ4n) is 0.717. The minimum absolute atomic E-state index is 0.185.